The van der Waals surface area contributed by atoms with E-state index in [-0.39, 0.29) is 23.8 Å². The number of piperidine rings is 1. The fraction of sp³-hybridized carbons (Fsp3) is 0.429. The van der Waals surface area contributed by atoms with Crippen LogP contribution in [0.25, 0.3) is 5.57 Å². The highest BCUT2D eigenvalue weighted by atomic mass is 19.4. The van der Waals surface area contributed by atoms with Gasteiger partial charge in [-0.3, -0.25) is 10.2 Å². The number of carbonyl (C=O) groups is 1. The molecule has 14 heteroatoms. The van der Waals surface area contributed by atoms with Crippen LogP contribution >= 0.6 is 0 Å². The average Bonchev–Trinajstić information content (AvgIpc) is 2.80. The van der Waals surface area contributed by atoms with E-state index in [4.69, 9.17) is 5.41 Å². The molecule has 2 atom stereocenters. The van der Waals surface area contributed by atoms with Crippen molar-refractivity contribution in [3.63, 3.8) is 0 Å². The molecule has 0 aromatic carbocycles. The summed E-state index contributed by atoms with van der Waals surface area (Å²) in [6.45, 7) is 0.516. The van der Waals surface area contributed by atoms with E-state index in [2.05, 4.69) is 30.6 Å². The maximum atomic E-state index is 14.4. The van der Waals surface area contributed by atoms with Gasteiger partial charge in [-0.05, 0) is 12.0 Å². The molecule has 0 aliphatic carbocycles. The van der Waals surface area contributed by atoms with E-state index in [1.807, 2.05) is 0 Å². The van der Waals surface area contributed by atoms with Gasteiger partial charge in [0.1, 0.15) is 11.5 Å². The van der Waals surface area contributed by atoms with Crippen molar-refractivity contribution in [1.82, 2.24) is 30.2 Å². The number of alkyl halides is 5. The van der Waals surface area contributed by atoms with E-state index >= 15 is 0 Å². The Morgan fingerprint density at radius 1 is 1.23 bits per heavy atom. The number of nitrogens with zero attached hydrogens (tertiary/aromatic N) is 5. The summed E-state index contributed by atoms with van der Waals surface area (Å²) < 4.78 is 67.0. The second kappa shape index (κ2) is 10.3. The third-order valence-corrected chi connectivity index (χ3v) is 5.35. The Balaban J connectivity index is 1.83. The molecule has 0 saturated carbocycles. The molecular formula is C21H23F5N8O. The number of hydrogen-bond donors (Lipinski definition) is 3. The van der Waals surface area contributed by atoms with Crippen molar-refractivity contribution >= 4 is 23.0 Å². The SMILES string of the molecule is CN/C=C(\C(=N)C(=O)N1CC(F)(F)C[C@@H](C)C1CNc1cnc(C(F)(F)F)cn1)c1ncccn1. The van der Waals surface area contributed by atoms with Crippen molar-refractivity contribution in [2.75, 3.05) is 25.5 Å². The Labute approximate surface area is 197 Å². The number of amides is 1. The Bertz CT molecular complexity index is 1080. The van der Waals surface area contributed by atoms with Crippen molar-refractivity contribution < 1.29 is 26.7 Å². The second-order valence-electron chi connectivity index (χ2n) is 8.00. The van der Waals surface area contributed by atoms with Crippen LogP contribution in [0.15, 0.2) is 37.1 Å². The van der Waals surface area contributed by atoms with E-state index < -0.39 is 54.3 Å². The van der Waals surface area contributed by atoms with E-state index in [0.717, 1.165) is 11.1 Å². The minimum Gasteiger partial charge on any atom is -0.393 e. The Morgan fingerprint density at radius 3 is 2.49 bits per heavy atom. The molecule has 1 aliphatic rings. The number of aromatic nitrogens is 4. The summed E-state index contributed by atoms with van der Waals surface area (Å²) in [7, 11) is 1.54. The van der Waals surface area contributed by atoms with Gasteiger partial charge in [0.2, 0.25) is 0 Å². The second-order valence-corrected chi connectivity index (χ2v) is 8.00. The fourth-order valence-electron chi connectivity index (χ4n) is 3.74. The molecule has 3 N–H and O–H groups in total. The van der Waals surface area contributed by atoms with Crippen LogP contribution in [-0.2, 0) is 11.0 Å². The van der Waals surface area contributed by atoms with Crippen molar-refractivity contribution in [2.45, 2.75) is 31.5 Å². The zero-order chi connectivity index (χ0) is 25.8. The zero-order valence-corrected chi connectivity index (χ0v) is 18.8. The molecule has 1 unspecified atom stereocenters. The maximum Gasteiger partial charge on any atom is 0.434 e. The first-order chi connectivity index (χ1) is 16.4. The van der Waals surface area contributed by atoms with Crippen molar-refractivity contribution in [3.8, 4) is 0 Å². The lowest BCUT2D eigenvalue weighted by molar-refractivity contribution is -0.145. The van der Waals surface area contributed by atoms with Crippen molar-refractivity contribution in [2.24, 2.45) is 5.92 Å². The standard InChI is InChI=1S/C21H23F5N8O/c1-12-6-20(22,23)11-34(14(12)8-32-16-10-31-15(9-33-16)21(24,25)26)19(35)17(27)13(7-28-2)18-29-4-3-5-30-18/h3-5,7,9-10,12,14,27-28H,6,8,11H2,1-2H3,(H,32,33)/b13-7+,27-17?/t12-,14?/m1/s1. The molecule has 35 heavy (non-hydrogen) atoms. The lowest BCUT2D eigenvalue weighted by Crippen LogP contribution is -2.58. The summed E-state index contributed by atoms with van der Waals surface area (Å²) in [5.74, 6) is -4.80. The topological polar surface area (TPSA) is 120 Å². The van der Waals surface area contributed by atoms with Crippen LogP contribution in [0.2, 0.25) is 0 Å². The number of carbonyl (C=O) groups excluding carboxylic acids is 1. The molecule has 2 aromatic heterocycles. The molecule has 3 heterocycles. The normalized spacial score (nSPS) is 20.3. The monoisotopic (exact) mass is 498 g/mol. The van der Waals surface area contributed by atoms with Crippen molar-refractivity contribution in [1.29, 1.82) is 5.41 Å². The van der Waals surface area contributed by atoms with Gasteiger partial charge in [-0.15, -0.1) is 0 Å². The van der Waals surface area contributed by atoms with Gasteiger partial charge in [-0.1, -0.05) is 6.92 Å². The van der Waals surface area contributed by atoms with E-state index in [1.165, 1.54) is 32.6 Å². The van der Waals surface area contributed by atoms with Gasteiger partial charge in [0, 0.05) is 38.6 Å². The van der Waals surface area contributed by atoms with Gasteiger partial charge in [0.25, 0.3) is 11.8 Å². The van der Waals surface area contributed by atoms with Gasteiger partial charge in [0.05, 0.1) is 30.6 Å². The van der Waals surface area contributed by atoms with E-state index in [0.29, 0.717) is 6.20 Å². The Morgan fingerprint density at radius 2 is 1.91 bits per heavy atom. The first kappa shape index (κ1) is 25.9. The van der Waals surface area contributed by atoms with Crippen LogP contribution in [0.5, 0.6) is 0 Å². The molecule has 0 bridgehead atoms. The maximum absolute atomic E-state index is 14.4. The molecule has 0 radical (unpaired) electrons. The largest absolute Gasteiger partial charge is 0.434 e. The summed E-state index contributed by atoms with van der Waals surface area (Å²) in [5.41, 5.74) is -1.75. The number of hydrogen-bond acceptors (Lipinski definition) is 8. The predicted molar refractivity (Wildman–Crippen MR) is 117 cm³/mol. The summed E-state index contributed by atoms with van der Waals surface area (Å²) >= 11 is 0. The number of rotatable bonds is 7. The molecule has 188 valence electrons. The molecule has 3 rings (SSSR count). The number of likely N-dealkylation sites (tertiary alicyclic amines) is 1. The highest BCUT2D eigenvalue weighted by molar-refractivity contribution is 6.54. The van der Waals surface area contributed by atoms with Crippen LogP contribution in [0.1, 0.15) is 24.9 Å². The molecule has 1 fully saturated rings. The summed E-state index contributed by atoms with van der Waals surface area (Å²) in [6, 6.07) is 0.740. The third kappa shape index (κ3) is 6.25. The third-order valence-electron chi connectivity index (χ3n) is 5.35. The van der Waals surface area contributed by atoms with Crippen LogP contribution < -0.4 is 10.6 Å². The first-order valence-electron chi connectivity index (χ1n) is 10.5. The van der Waals surface area contributed by atoms with Crippen LogP contribution in [0.3, 0.4) is 0 Å². The van der Waals surface area contributed by atoms with Crippen LogP contribution in [0, 0.1) is 11.3 Å². The molecule has 2 aromatic rings. The summed E-state index contributed by atoms with van der Waals surface area (Å²) in [5, 5.41) is 13.9. The van der Waals surface area contributed by atoms with Crippen molar-refractivity contribution in [3.05, 3.63) is 48.6 Å². The molecule has 1 amide bonds. The first-order valence-corrected chi connectivity index (χ1v) is 10.5. The molecule has 1 saturated heterocycles. The lowest BCUT2D eigenvalue weighted by atomic mass is 9.87. The van der Waals surface area contributed by atoms with Gasteiger partial charge < -0.3 is 15.5 Å². The number of halogens is 5. The quantitative estimate of drug-likeness (QED) is 0.397. The minimum atomic E-state index is -4.65. The zero-order valence-electron chi connectivity index (χ0n) is 18.8. The summed E-state index contributed by atoms with van der Waals surface area (Å²) in [6.07, 6.45) is 0.423. The van der Waals surface area contributed by atoms with E-state index in [1.54, 1.807) is 6.07 Å². The molecular weight excluding hydrogens is 475 g/mol. The Hall–Kier alpha value is -3.71. The fourth-order valence-corrected chi connectivity index (χ4v) is 3.74. The van der Waals surface area contributed by atoms with Crippen LogP contribution in [-0.4, -0.2) is 68.6 Å². The van der Waals surface area contributed by atoms with Gasteiger partial charge >= 0.3 is 6.18 Å². The molecule has 0 spiro atoms. The molecule has 9 nitrogen and oxygen atoms in total. The molecule has 1 aliphatic heterocycles. The lowest BCUT2D eigenvalue weighted by Gasteiger charge is -2.43. The average molecular weight is 498 g/mol. The van der Waals surface area contributed by atoms with E-state index in [9.17, 15) is 26.7 Å². The van der Waals surface area contributed by atoms with Gasteiger partial charge in [-0.25, -0.2) is 28.7 Å². The summed E-state index contributed by atoms with van der Waals surface area (Å²) in [4.78, 5) is 29.2. The predicted octanol–water partition coefficient (Wildman–Crippen LogP) is 2.85. The highest BCUT2D eigenvalue weighted by Crippen LogP contribution is 2.35. The Kier molecular flexibility index (Phi) is 7.60. The van der Waals surface area contributed by atoms with Crippen LogP contribution in [0.4, 0.5) is 27.8 Å². The minimum absolute atomic E-state index is 0.0139. The van der Waals surface area contributed by atoms with Gasteiger partial charge in [0.15, 0.2) is 11.5 Å². The highest BCUT2D eigenvalue weighted by Gasteiger charge is 2.47. The van der Waals surface area contributed by atoms with Gasteiger partial charge in [-0.2, -0.15) is 13.2 Å². The number of anilines is 1. The number of nitrogens with one attached hydrogen (secondary N) is 3. The smallest absolute Gasteiger partial charge is 0.393 e.